The first-order chi connectivity index (χ1) is 13.5. The summed E-state index contributed by atoms with van der Waals surface area (Å²) in [6, 6.07) is 8.09. The lowest BCUT2D eigenvalue weighted by Crippen LogP contribution is -2.55. The maximum atomic E-state index is 12.6. The Hall–Kier alpha value is -1.79. The Morgan fingerprint density at radius 3 is 2.50 bits per heavy atom. The predicted molar refractivity (Wildman–Crippen MR) is 115 cm³/mol. The molecule has 0 bridgehead atoms. The highest BCUT2D eigenvalue weighted by Gasteiger charge is 2.33. The van der Waals surface area contributed by atoms with Gasteiger partial charge in [0.2, 0.25) is 5.91 Å². The summed E-state index contributed by atoms with van der Waals surface area (Å²) in [6.45, 7) is 3.96. The van der Waals surface area contributed by atoms with E-state index < -0.39 is 0 Å². The summed E-state index contributed by atoms with van der Waals surface area (Å²) in [5, 5.41) is 4.22. The Kier molecular flexibility index (Phi) is 7.18. The third-order valence-corrected chi connectivity index (χ3v) is 5.92. The Labute approximate surface area is 173 Å². The molecule has 0 aromatic heterocycles. The second-order valence-corrected chi connectivity index (χ2v) is 8.41. The lowest BCUT2D eigenvalue weighted by molar-refractivity contribution is -0.131. The third kappa shape index (κ3) is 5.61. The van der Waals surface area contributed by atoms with E-state index in [2.05, 4.69) is 34.2 Å². The van der Waals surface area contributed by atoms with Gasteiger partial charge in [-0.2, -0.15) is 0 Å². The molecule has 1 unspecified atom stereocenters. The fraction of sp³-hybridized carbons (Fsp3) is 0.619. The number of nitrogens with zero attached hydrogens (tertiary/aromatic N) is 4. The Morgan fingerprint density at radius 2 is 1.93 bits per heavy atom. The van der Waals surface area contributed by atoms with Crippen LogP contribution in [0.3, 0.4) is 0 Å². The first-order valence-electron chi connectivity index (χ1n) is 10.1. The van der Waals surface area contributed by atoms with Crippen LogP contribution in [-0.2, 0) is 11.2 Å². The lowest BCUT2D eigenvalue weighted by Gasteiger charge is -2.37. The summed E-state index contributed by atoms with van der Waals surface area (Å²) >= 11 is 6.02. The van der Waals surface area contributed by atoms with Gasteiger partial charge in [-0.1, -0.05) is 23.7 Å². The maximum absolute atomic E-state index is 12.6. The van der Waals surface area contributed by atoms with Crippen molar-refractivity contribution in [2.24, 2.45) is 10.9 Å². The van der Waals surface area contributed by atoms with Crippen molar-refractivity contribution >= 4 is 23.5 Å². The normalized spacial score (nSPS) is 19.1. The molecule has 7 heteroatoms. The van der Waals surface area contributed by atoms with Crippen LogP contribution in [0.2, 0.25) is 5.02 Å². The highest BCUT2D eigenvalue weighted by molar-refractivity contribution is 6.30. The molecule has 1 aromatic rings. The van der Waals surface area contributed by atoms with Gasteiger partial charge < -0.3 is 20.0 Å². The van der Waals surface area contributed by atoms with Gasteiger partial charge in [0.25, 0.3) is 0 Å². The topological polar surface area (TPSA) is 51.2 Å². The molecule has 3 rings (SSSR count). The van der Waals surface area contributed by atoms with Crippen LogP contribution < -0.4 is 5.32 Å². The molecule has 0 spiro atoms. The van der Waals surface area contributed by atoms with Crippen molar-refractivity contribution in [2.45, 2.75) is 25.3 Å². The number of aliphatic imine (C=N–C) groups is 1. The summed E-state index contributed by atoms with van der Waals surface area (Å²) in [4.78, 5) is 23.6. The molecule has 1 aliphatic carbocycles. The number of likely N-dealkylation sites (N-methyl/N-ethyl adjacent to an activating group) is 1. The number of benzene rings is 1. The van der Waals surface area contributed by atoms with Crippen molar-refractivity contribution in [3.05, 3.63) is 34.9 Å². The third-order valence-electron chi connectivity index (χ3n) is 5.69. The molecular formula is C21H32ClN5O. The number of halogens is 1. The van der Waals surface area contributed by atoms with E-state index in [1.54, 1.807) is 0 Å². The quantitative estimate of drug-likeness (QED) is 0.580. The zero-order chi connectivity index (χ0) is 20.1. The molecule has 1 N–H and O–H groups in total. The molecule has 1 amide bonds. The number of nitrogens with one attached hydrogen (secondary N) is 1. The van der Waals surface area contributed by atoms with Gasteiger partial charge in [0.05, 0.1) is 6.42 Å². The van der Waals surface area contributed by atoms with Gasteiger partial charge in [0.15, 0.2) is 5.96 Å². The molecule has 0 radical (unpaired) electrons. The van der Waals surface area contributed by atoms with Gasteiger partial charge in [-0.3, -0.25) is 9.79 Å². The number of carbonyl (C=O) groups is 1. The number of piperazine rings is 1. The Bertz CT molecular complexity index is 694. The predicted octanol–water partition coefficient (Wildman–Crippen LogP) is 1.94. The second-order valence-electron chi connectivity index (χ2n) is 7.97. The number of hydrogen-bond donors (Lipinski definition) is 1. The van der Waals surface area contributed by atoms with E-state index >= 15 is 0 Å². The molecule has 1 saturated heterocycles. The maximum Gasteiger partial charge on any atom is 0.227 e. The lowest BCUT2D eigenvalue weighted by atomic mass is 10.1. The Balaban J connectivity index is 1.47. The van der Waals surface area contributed by atoms with Crippen LogP contribution in [-0.4, -0.2) is 86.5 Å². The molecule has 28 heavy (non-hydrogen) atoms. The van der Waals surface area contributed by atoms with E-state index in [1.165, 1.54) is 12.8 Å². The highest BCUT2D eigenvalue weighted by atomic mass is 35.5. The van der Waals surface area contributed by atoms with Gasteiger partial charge in [0, 0.05) is 50.8 Å². The minimum atomic E-state index is 0.159. The van der Waals surface area contributed by atoms with Crippen molar-refractivity contribution in [2.75, 3.05) is 53.9 Å². The molecule has 1 saturated carbocycles. The molecule has 2 fully saturated rings. The summed E-state index contributed by atoms with van der Waals surface area (Å²) in [5.74, 6) is 1.90. The zero-order valence-electron chi connectivity index (χ0n) is 17.2. The van der Waals surface area contributed by atoms with E-state index in [1.807, 2.05) is 36.2 Å². The van der Waals surface area contributed by atoms with Gasteiger partial charge in [0.1, 0.15) is 0 Å². The van der Waals surface area contributed by atoms with Gasteiger partial charge >= 0.3 is 0 Å². The molecular weight excluding hydrogens is 374 g/mol. The molecule has 1 heterocycles. The van der Waals surface area contributed by atoms with Crippen LogP contribution in [0.5, 0.6) is 0 Å². The van der Waals surface area contributed by atoms with E-state index in [9.17, 15) is 4.79 Å². The molecule has 1 aliphatic heterocycles. The summed E-state index contributed by atoms with van der Waals surface area (Å²) < 4.78 is 0. The number of guanidine groups is 1. The monoisotopic (exact) mass is 405 g/mol. The zero-order valence-corrected chi connectivity index (χ0v) is 18.0. The van der Waals surface area contributed by atoms with Crippen LogP contribution in [0.4, 0.5) is 0 Å². The highest BCUT2D eigenvalue weighted by Crippen LogP contribution is 2.34. The van der Waals surface area contributed by atoms with Gasteiger partial charge in [-0.05, 0) is 50.6 Å². The minimum absolute atomic E-state index is 0.159. The van der Waals surface area contributed by atoms with Crippen molar-refractivity contribution in [1.82, 2.24) is 20.0 Å². The number of amides is 1. The number of rotatable bonds is 6. The van der Waals surface area contributed by atoms with Gasteiger partial charge in [-0.15, -0.1) is 0 Å². The number of hydrogen-bond acceptors (Lipinski definition) is 3. The largest absolute Gasteiger partial charge is 0.355 e. The Morgan fingerprint density at radius 1 is 1.25 bits per heavy atom. The fourth-order valence-electron chi connectivity index (χ4n) is 3.88. The molecule has 2 aliphatic rings. The van der Waals surface area contributed by atoms with Crippen LogP contribution in [0.25, 0.3) is 0 Å². The average molecular weight is 406 g/mol. The summed E-state index contributed by atoms with van der Waals surface area (Å²) in [6.07, 6.45) is 3.06. The van der Waals surface area contributed by atoms with Crippen molar-refractivity contribution in [3.63, 3.8) is 0 Å². The first kappa shape index (κ1) is 20.9. The van der Waals surface area contributed by atoms with E-state index in [0.29, 0.717) is 17.5 Å². The van der Waals surface area contributed by atoms with Gasteiger partial charge in [-0.25, -0.2) is 0 Å². The fourth-order valence-corrected chi connectivity index (χ4v) is 4.09. The average Bonchev–Trinajstić information content (AvgIpc) is 3.50. The SMILES string of the molecule is CN=C(NCC(C1CC1)N(C)C)N1CCN(C(=O)Cc2cccc(Cl)c2)CC1. The second kappa shape index (κ2) is 9.61. The summed E-state index contributed by atoms with van der Waals surface area (Å²) in [7, 11) is 6.14. The first-order valence-corrected chi connectivity index (χ1v) is 10.5. The molecule has 1 aromatic carbocycles. The summed E-state index contributed by atoms with van der Waals surface area (Å²) in [5.41, 5.74) is 0.965. The van der Waals surface area contributed by atoms with Crippen molar-refractivity contribution in [1.29, 1.82) is 0 Å². The van der Waals surface area contributed by atoms with Crippen LogP contribution >= 0.6 is 11.6 Å². The van der Waals surface area contributed by atoms with Crippen LogP contribution in [0.15, 0.2) is 29.3 Å². The van der Waals surface area contributed by atoms with Crippen molar-refractivity contribution < 1.29 is 4.79 Å². The number of carbonyl (C=O) groups excluding carboxylic acids is 1. The standard InChI is InChI=1S/C21H32ClN5O/c1-23-21(24-15-19(25(2)3)17-7-8-17)27-11-9-26(10-12-27)20(28)14-16-5-4-6-18(22)13-16/h4-6,13,17,19H,7-12,14-15H2,1-3H3,(H,23,24). The van der Waals surface area contributed by atoms with Crippen LogP contribution in [0.1, 0.15) is 18.4 Å². The van der Waals surface area contributed by atoms with Crippen LogP contribution in [0, 0.1) is 5.92 Å². The molecule has 1 atom stereocenters. The van der Waals surface area contributed by atoms with Crippen molar-refractivity contribution in [3.8, 4) is 0 Å². The van der Waals surface area contributed by atoms with E-state index in [-0.39, 0.29) is 5.91 Å². The van der Waals surface area contributed by atoms with E-state index in [4.69, 9.17) is 11.6 Å². The van der Waals surface area contributed by atoms with E-state index in [0.717, 1.165) is 50.2 Å². The smallest absolute Gasteiger partial charge is 0.227 e. The molecule has 6 nitrogen and oxygen atoms in total. The molecule has 154 valence electrons. The minimum Gasteiger partial charge on any atom is -0.355 e.